The molecule has 5 heteroatoms. The first-order chi connectivity index (χ1) is 10.0. The van der Waals surface area contributed by atoms with Gasteiger partial charge in [0.15, 0.2) is 9.84 Å². The molecule has 0 aliphatic carbocycles. The molecular formula is C16H25NO3S. The van der Waals surface area contributed by atoms with E-state index in [4.69, 9.17) is 4.74 Å². The zero-order chi connectivity index (χ0) is 15.3. The van der Waals surface area contributed by atoms with Gasteiger partial charge in [0, 0.05) is 6.04 Å². The molecule has 2 unspecified atom stereocenters. The Morgan fingerprint density at radius 3 is 2.76 bits per heavy atom. The molecule has 4 nitrogen and oxygen atoms in total. The first kappa shape index (κ1) is 16.3. The minimum atomic E-state index is -2.79. The Morgan fingerprint density at radius 1 is 1.38 bits per heavy atom. The van der Waals surface area contributed by atoms with Crippen LogP contribution < -0.4 is 10.1 Å². The summed E-state index contributed by atoms with van der Waals surface area (Å²) in [5.74, 6) is 1.89. The van der Waals surface area contributed by atoms with Crippen LogP contribution in [0.4, 0.5) is 0 Å². The second-order valence-electron chi connectivity index (χ2n) is 5.78. The average Bonchev–Trinajstić information content (AvgIpc) is 2.79. The van der Waals surface area contributed by atoms with Crippen molar-refractivity contribution in [1.29, 1.82) is 0 Å². The van der Waals surface area contributed by atoms with E-state index in [9.17, 15) is 8.42 Å². The molecule has 0 bridgehead atoms. The van der Waals surface area contributed by atoms with Crippen molar-refractivity contribution in [3.8, 4) is 5.75 Å². The summed E-state index contributed by atoms with van der Waals surface area (Å²) in [5.41, 5.74) is 1.17. The van der Waals surface area contributed by atoms with E-state index in [0.29, 0.717) is 17.5 Å². The Bertz CT molecular complexity index is 556. The predicted molar refractivity (Wildman–Crippen MR) is 85.5 cm³/mol. The number of hydrogen-bond acceptors (Lipinski definition) is 4. The molecule has 0 saturated carbocycles. The van der Waals surface area contributed by atoms with Crippen LogP contribution in [0.3, 0.4) is 0 Å². The molecule has 118 valence electrons. The van der Waals surface area contributed by atoms with Crippen molar-refractivity contribution in [2.75, 3.05) is 25.2 Å². The molecule has 1 aliphatic rings. The van der Waals surface area contributed by atoms with Crippen LogP contribution in [0, 0.1) is 5.92 Å². The Hall–Kier alpha value is -1.07. The van der Waals surface area contributed by atoms with Crippen molar-refractivity contribution in [2.24, 2.45) is 5.92 Å². The highest BCUT2D eigenvalue weighted by Crippen LogP contribution is 2.26. The molecule has 21 heavy (non-hydrogen) atoms. The number of para-hydroxylation sites is 1. The van der Waals surface area contributed by atoms with Crippen LogP contribution in [0.15, 0.2) is 24.3 Å². The lowest BCUT2D eigenvalue weighted by Crippen LogP contribution is -2.33. The molecule has 1 heterocycles. The van der Waals surface area contributed by atoms with Crippen molar-refractivity contribution in [1.82, 2.24) is 5.32 Å². The average molecular weight is 311 g/mol. The zero-order valence-electron chi connectivity index (χ0n) is 12.8. The van der Waals surface area contributed by atoms with Gasteiger partial charge in [-0.3, -0.25) is 0 Å². The molecular weight excluding hydrogens is 286 g/mol. The number of nitrogens with one attached hydrogen (secondary N) is 1. The van der Waals surface area contributed by atoms with E-state index in [0.717, 1.165) is 31.6 Å². The highest BCUT2D eigenvalue weighted by molar-refractivity contribution is 7.91. The largest absolute Gasteiger partial charge is 0.496 e. The summed E-state index contributed by atoms with van der Waals surface area (Å²) in [5, 5.41) is 3.49. The van der Waals surface area contributed by atoms with Gasteiger partial charge in [0.05, 0.1) is 18.6 Å². The van der Waals surface area contributed by atoms with Crippen LogP contribution in [-0.4, -0.2) is 39.6 Å². The Morgan fingerprint density at radius 2 is 2.14 bits per heavy atom. The van der Waals surface area contributed by atoms with E-state index in [1.165, 1.54) is 5.56 Å². The van der Waals surface area contributed by atoms with Gasteiger partial charge in [-0.05, 0) is 43.4 Å². The summed E-state index contributed by atoms with van der Waals surface area (Å²) in [6, 6.07) is 8.33. The standard InChI is InChI=1S/C16H25NO3S/c1-3-17-15(10-13-8-9-21(18,19)12-13)11-14-6-4-5-7-16(14)20-2/h4-7,13,15,17H,3,8-12H2,1-2H3. The lowest BCUT2D eigenvalue weighted by molar-refractivity contribution is 0.387. The number of sulfone groups is 1. The summed E-state index contributed by atoms with van der Waals surface area (Å²) in [6.45, 7) is 2.97. The molecule has 0 radical (unpaired) electrons. The zero-order valence-corrected chi connectivity index (χ0v) is 13.7. The minimum absolute atomic E-state index is 0.286. The van der Waals surface area contributed by atoms with Gasteiger partial charge in [-0.1, -0.05) is 25.1 Å². The van der Waals surface area contributed by atoms with Crippen molar-refractivity contribution in [2.45, 2.75) is 32.2 Å². The van der Waals surface area contributed by atoms with E-state index < -0.39 is 9.84 Å². The van der Waals surface area contributed by atoms with Gasteiger partial charge < -0.3 is 10.1 Å². The molecule has 2 atom stereocenters. The second kappa shape index (κ2) is 7.27. The first-order valence-corrected chi connectivity index (χ1v) is 9.42. The fourth-order valence-electron chi connectivity index (χ4n) is 3.12. The number of ether oxygens (including phenoxy) is 1. The van der Waals surface area contributed by atoms with Crippen LogP contribution >= 0.6 is 0 Å². The number of rotatable bonds is 7. The lowest BCUT2D eigenvalue weighted by Gasteiger charge is -2.22. The van der Waals surface area contributed by atoms with Gasteiger partial charge in [-0.2, -0.15) is 0 Å². The lowest BCUT2D eigenvalue weighted by atomic mass is 9.94. The van der Waals surface area contributed by atoms with Crippen molar-refractivity contribution in [3.63, 3.8) is 0 Å². The van der Waals surface area contributed by atoms with Crippen LogP contribution in [-0.2, 0) is 16.3 Å². The van der Waals surface area contributed by atoms with Gasteiger partial charge in [-0.25, -0.2) is 8.42 Å². The summed E-state index contributed by atoms with van der Waals surface area (Å²) in [7, 11) is -1.11. The summed E-state index contributed by atoms with van der Waals surface area (Å²) >= 11 is 0. The first-order valence-electron chi connectivity index (χ1n) is 7.59. The molecule has 0 aromatic heterocycles. The van der Waals surface area contributed by atoms with Crippen LogP contribution in [0.1, 0.15) is 25.3 Å². The minimum Gasteiger partial charge on any atom is -0.496 e. The van der Waals surface area contributed by atoms with Crippen LogP contribution in [0.5, 0.6) is 5.75 Å². The third-order valence-electron chi connectivity index (χ3n) is 4.10. The Balaban J connectivity index is 2.02. The maximum Gasteiger partial charge on any atom is 0.150 e. The molecule has 1 aliphatic heterocycles. The van der Waals surface area contributed by atoms with E-state index in [2.05, 4.69) is 18.3 Å². The normalized spacial score (nSPS) is 22.1. The highest BCUT2D eigenvalue weighted by atomic mass is 32.2. The molecule has 1 aromatic rings. The molecule has 1 N–H and O–H groups in total. The fraction of sp³-hybridized carbons (Fsp3) is 0.625. The van der Waals surface area contributed by atoms with Gasteiger partial charge in [-0.15, -0.1) is 0 Å². The van der Waals surface area contributed by atoms with E-state index in [-0.39, 0.29) is 5.92 Å². The van der Waals surface area contributed by atoms with E-state index >= 15 is 0 Å². The third-order valence-corrected chi connectivity index (χ3v) is 5.93. The van der Waals surface area contributed by atoms with Gasteiger partial charge in [0.2, 0.25) is 0 Å². The van der Waals surface area contributed by atoms with Gasteiger partial charge in [0.25, 0.3) is 0 Å². The maximum absolute atomic E-state index is 11.6. The third kappa shape index (κ3) is 4.71. The quantitative estimate of drug-likeness (QED) is 0.837. The monoisotopic (exact) mass is 311 g/mol. The summed E-state index contributed by atoms with van der Waals surface area (Å²) in [6.07, 6.45) is 2.58. The maximum atomic E-state index is 11.6. The van der Waals surface area contributed by atoms with Crippen molar-refractivity contribution < 1.29 is 13.2 Å². The molecule has 0 spiro atoms. The molecule has 0 amide bonds. The number of likely N-dealkylation sites (N-methyl/N-ethyl adjacent to an activating group) is 1. The van der Waals surface area contributed by atoms with Crippen molar-refractivity contribution in [3.05, 3.63) is 29.8 Å². The smallest absolute Gasteiger partial charge is 0.150 e. The SMILES string of the molecule is CCNC(Cc1ccccc1OC)CC1CCS(=O)(=O)C1. The van der Waals surface area contributed by atoms with E-state index in [1.54, 1.807) is 7.11 Å². The number of hydrogen-bond donors (Lipinski definition) is 1. The topological polar surface area (TPSA) is 55.4 Å². The fourth-order valence-corrected chi connectivity index (χ4v) is 5.00. The molecule has 1 saturated heterocycles. The molecule has 1 aromatic carbocycles. The second-order valence-corrected chi connectivity index (χ2v) is 8.00. The summed E-state index contributed by atoms with van der Waals surface area (Å²) < 4.78 is 28.6. The van der Waals surface area contributed by atoms with Crippen LogP contribution in [0.2, 0.25) is 0 Å². The Labute approximate surface area is 127 Å². The van der Waals surface area contributed by atoms with Gasteiger partial charge in [0.1, 0.15) is 5.75 Å². The Kier molecular flexibility index (Phi) is 5.65. The van der Waals surface area contributed by atoms with Gasteiger partial charge >= 0.3 is 0 Å². The highest BCUT2D eigenvalue weighted by Gasteiger charge is 2.29. The predicted octanol–water partition coefficient (Wildman–Crippen LogP) is 2.04. The van der Waals surface area contributed by atoms with Crippen LogP contribution in [0.25, 0.3) is 0 Å². The summed E-state index contributed by atoms with van der Waals surface area (Å²) in [4.78, 5) is 0. The van der Waals surface area contributed by atoms with E-state index in [1.807, 2.05) is 18.2 Å². The number of methoxy groups -OCH3 is 1. The molecule has 2 rings (SSSR count). The molecule has 1 fully saturated rings. The van der Waals surface area contributed by atoms with Crippen molar-refractivity contribution >= 4 is 9.84 Å². The number of benzene rings is 1.